The molecule has 86 valence electrons. The highest BCUT2D eigenvalue weighted by Crippen LogP contribution is 2.23. The van der Waals surface area contributed by atoms with Gasteiger partial charge in [0.05, 0.1) is 17.4 Å². The largest absolute Gasteiger partial charge is 0.393 e. The Morgan fingerprint density at radius 3 is 2.75 bits per heavy atom. The van der Waals surface area contributed by atoms with Gasteiger partial charge in [0.15, 0.2) is 0 Å². The van der Waals surface area contributed by atoms with Crippen LogP contribution in [0.3, 0.4) is 0 Å². The summed E-state index contributed by atoms with van der Waals surface area (Å²) in [7, 11) is 1.95. The number of rotatable bonds is 4. The molecule has 0 radical (unpaired) electrons. The van der Waals surface area contributed by atoms with Crippen molar-refractivity contribution in [1.29, 1.82) is 5.26 Å². The predicted octanol–water partition coefficient (Wildman–Crippen LogP) is 2.07. The van der Waals surface area contributed by atoms with Crippen molar-refractivity contribution in [3.63, 3.8) is 0 Å². The van der Waals surface area contributed by atoms with Gasteiger partial charge in [-0.1, -0.05) is 12.1 Å². The smallest absolute Gasteiger partial charge is 0.101 e. The number of hydrogen-bond acceptors (Lipinski definition) is 3. The minimum absolute atomic E-state index is 0.308. The number of nitriles is 1. The van der Waals surface area contributed by atoms with Crippen molar-refractivity contribution < 1.29 is 5.11 Å². The second kappa shape index (κ2) is 5.53. The number of para-hydroxylation sites is 1. The Hall–Kier alpha value is -1.53. The molecule has 16 heavy (non-hydrogen) atoms. The summed E-state index contributed by atoms with van der Waals surface area (Å²) >= 11 is 0. The maximum absolute atomic E-state index is 9.25. The summed E-state index contributed by atoms with van der Waals surface area (Å²) in [5.41, 5.74) is 2.74. The number of nitrogens with zero attached hydrogens (tertiary/aromatic N) is 2. The molecule has 0 saturated heterocycles. The summed E-state index contributed by atoms with van der Waals surface area (Å²) in [6.45, 7) is 4.52. The van der Waals surface area contributed by atoms with E-state index in [2.05, 4.69) is 6.07 Å². The number of aryl methyl sites for hydroxylation is 1. The Kier molecular flexibility index (Phi) is 4.33. The van der Waals surface area contributed by atoms with E-state index < -0.39 is 0 Å². The van der Waals surface area contributed by atoms with E-state index in [0.717, 1.165) is 17.8 Å². The van der Waals surface area contributed by atoms with Gasteiger partial charge in [0.1, 0.15) is 6.07 Å². The third-order valence-corrected chi connectivity index (χ3v) is 2.62. The Morgan fingerprint density at radius 2 is 2.19 bits per heavy atom. The molecule has 0 spiro atoms. The van der Waals surface area contributed by atoms with Crippen LogP contribution in [-0.2, 0) is 0 Å². The van der Waals surface area contributed by atoms with E-state index in [-0.39, 0.29) is 6.10 Å². The molecule has 0 aliphatic carbocycles. The Morgan fingerprint density at radius 1 is 1.50 bits per heavy atom. The second-order valence-electron chi connectivity index (χ2n) is 4.14. The molecule has 1 aromatic rings. The zero-order chi connectivity index (χ0) is 12.1. The third-order valence-electron chi connectivity index (χ3n) is 2.62. The van der Waals surface area contributed by atoms with Gasteiger partial charge in [0.2, 0.25) is 0 Å². The second-order valence-corrected chi connectivity index (χ2v) is 4.14. The van der Waals surface area contributed by atoms with Crippen LogP contribution in [-0.4, -0.2) is 24.8 Å². The lowest BCUT2D eigenvalue weighted by Crippen LogP contribution is -2.23. The van der Waals surface area contributed by atoms with Crippen LogP contribution in [0.5, 0.6) is 0 Å². The molecule has 0 amide bonds. The molecule has 0 aromatic heterocycles. The highest BCUT2D eigenvalue weighted by atomic mass is 16.3. The monoisotopic (exact) mass is 218 g/mol. The summed E-state index contributed by atoms with van der Waals surface area (Å²) in [5.74, 6) is 0. The van der Waals surface area contributed by atoms with Gasteiger partial charge < -0.3 is 10.0 Å². The summed E-state index contributed by atoms with van der Waals surface area (Å²) in [5, 5.41) is 18.3. The lowest BCUT2D eigenvalue weighted by atomic mass is 10.1. The van der Waals surface area contributed by atoms with Gasteiger partial charge in [-0.05, 0) is 31.9 Å². The minimum Gasteiger partial charge on any atom is -0.393 e. The Labute approximate surface area is 96.9 Å². The molecule has 1 N–H and O–H groups in total. The molecule has 1 atom stereocenters. The van der Waals surface area contributed by atoms with Crippen molar-refractivity contribution in [3.8, 4) is 6.07 Å². The molecule has 1 unspecified atom stereocenters. The van der Waals surface area contributed by atoms with Crippen LogP contribution >= 0.6 is 0 Å². The van der Waals surface area contributed by atoms with E-state index >= 15 is 0 Å². The Bertz CT molecular complexity index is 393. The first-order chi connectivity index (χ1) is 7.56. The average Bonchev–Trinajstić information content (AvgIpc) is 2.25. The highest BCUT2D eigenvalue weighted by molar-refractivity contribution is 5.63. The zero-order valence-corrected chi connectivity index (χ0v) is 10.1. The number of benzene rings is 1. The summed E-state index contributed by atoms with van der Waals surface area (Å²) in [4.78, 5) is 2.03. The van der Waals surface area contributed by atoms with E-state index in [1.807, 2.05) is 37.1 Å². The zero-order valence-electron chi connectivity index (χ0n) is 10.1. The first-order valence-corrected chi connectivity index (χ1v) is 5.45. The molecule has 3 heteroatoms. The van der Waals surface area contributed by atoms with Crippen molar-refractivity contribution in [3.05, 3.63) is 29.3 Å². The van der Waals surface area contributed by atoms with Crippen LogP contribution in [0.15, 0.2) is 18.2 Å². The van der Waals surface area contributed by atoms with Gasteiger partial charge in [-0.3, -0.25) is 0 Å². The quantitative estimate of drug-likeness (QED) is 0.841. The maximum atomic E-state index is 9.25. The molecule has 0 heterocycles. The number of hydrogen-bond donors (Lipinski definition) is 1. The van der Waals surface area contributed by atoms with Crippen molar-refractivity contribution >= 4 is 5.69 Å². The van der Waals surface area contributed by atoms with Crippen LogP contribution < -0.4 is 4.90 Å². The summed E-state index contributed by atoms with van der Waals surface area (Å²) in [6, 6.07) is 7.91. The summed E-state index contributed by atoms with van der Waals surface area (Å²) in [6.07, 6.45) is 0.396. The lowest BCUT2D eigenvalue weighted by Gasteiger charge is -2.23. The predicted molar refractivity (Wildman–Crippen MR) is 65.5 cm³/mol. The fourth-order valence-electron chi connectivity index (χ4n) is 1.75. The molecular weight excluding hydrogens is 200 g/mol. The van der Waals surface area contributed by atoms with Crippen LogP contribution in [0, 0.1) is 18.3 Å². The van der Waals surface area contributed by atoms with E-state index in [4.69, 9.17) is 5.26 Å². The topological polar surface area (TPSA) is 47.3 Å². The fraction of sp³-hybridized carbons (Fsp3) is 0.462. The number of anilines is 1. The fourth-order valence-corrected chi connectivity index (χ4v) is 1.75. The minimum atomic E-state index is -0.308. The van der Waals surface area contributed by atoms with Gasteiger partial charge in [0.25, 0.3) is 0 Å². The maximum Gasteiger partial charge on any atom is 0.101 e. The molecule has 0 aliphatic rings. The van der Waals surface area contributed by atoms with Gasteiger partial charge in [-0.2, -0.15) is 5.26 Å². The van der Waals surface area contributed by atoms with Crippen molar-refractivity contribution in [2.24, 2.45) is 0 Å². The van der Waals surface area contributed by atoms with E-state index in [1.54, 1.807) is 6.92 Å². The van der Waals surface area contributed by atoms with Crippen LogP contribution in [0.4, 0.5) is 5.69 Å². The highest BCUT2D eigenvalue weighted by Gasteiger charge is 2.10. The molecular formula is C13H18N2O. The average molecular weight is 218 g/mol. The van der Waals surface area contributed by atoms with Gasteiger partial charge in [-0.25, -0.2) is 0 Å². The number of aliphatic hydroxyl groups is 1. The van der Waals surface area contributed by atoms with Gasteiger partial charge in [0, 0.05) is 13.6 Å². The van der Waals surface area contributed by atoms with Gasteiger partial charge in [-0.15, -0.1) is 0 Å². The van der Waals surface area contributed by atoms with Crippen LogP contribution in [0.1, 0.15) is 24.5 Å². The first kappa shape index (κ1) is 12.5. The molecule has 0 aliphatic heterocycles. The molecule has 3 nitrogen and oxygen atoms in total. The normalized spacial score (nSPS) is 11.9. The van der Waals surface area contributed by atoms with E-state index in [9.17, 15) is 5.11 Å². The standard InChI is InChI=1S/C13H18N2O/c1-10-5-4-6-12(9-14)13(10)15(3)8-7-11(2)16/h4-6,11,16H,7-8H2,1-3H3. The van der Waals surface area contributed by atoms with Crippen molar-refractivity contribution in [2.75, 3.05) is 18.5 Å². The van der Waals surface area contributed by atoms with E-state index in [0.29, 0.717) is 12.0 Å². The first-order valence-electron chi connectivity index (χ1n) is 5.45. The van der Waals surface area contributed by atoms with Crippen LogP contribution in [0.2, 0.25) is 0 Å². The van der Waals surface area contributed by atoms with Crippen molar-refractivity contribution in [1.82, 2.24) is 0 Å². The lowest BCUT2D eigenvalue weighted by molar-refractivity contribution is 0.187. The van der Waals surface area contributed by atoms with E-state index in [1.165, 1.54) is 0 Å². The number of aliphatic hydroxyl groups excluding tert-OH is 1. The SMILES string of the molecule is Cc1cccc(C#N)c1N(C)CCC(C)O. The third kappa shape index (κ3) is 2.98. The Balaban J connectivity index is 2.90. The van der Waals surface area contributed by atoms with Crippen molar-refractivity contribution in [2.45, 2.75) is 26.4 Å². The molecule has 0 saturated carbocycles. The molecule has 0 fully saturated rings. The summed E-state index contributed by atoms with van der Waals surface area (Å²) < 4.78 is 0. The molecule has 1 rings (SSSR count). The van der Waals surface area contributed by atoms with Crippen LogP contribution in [0.25, 0.3) is 0 Å². The molecule has 1 aromatic carbocycles. The van der Waals surface area contributed by atoms with Gasteiger partial charge >= 0.3 is 0 Å². The molecule has 0 bridgehead atoms.